The van der Waals surface area contributed by atoms with E-state index in [1.807, 2.05) is 49.3 Å². The van der Waals surface area contributed by atoms with Crippen LogP contribution in [0.4, 0.5) is 5.69 Å². The number of furan rings is 1. The van der Waals surface area contributed by atoms with Gasteiger partial charge in [0.15, 0.2) is 22.9 Å². The molecule has 188 valence electrons. The maximum Gasteiger partial charge on any atom is 0.290 e. The largest absolute Gasteiger partial charge is 0.503 e. The van der Waals surface area contributed by atoms with E-state index in [1.165, 1.54) is 18.1 Å². The summed E-state index contributed by atoms with van der Waals surface area (Å²) in [7, 11) is 5.32. The van der Waals surface area contributed by atoms with Crippen molar-refractivity contribution in [1.29, 1.82) is 0 Å². The predicted octanol–water partition coefficient (Wildman–Crippen LogP) is 5.33. The van der Waals surface area contributed by atoms with Gasteiger partial charge in [-0.1, -0.05) is 29.8 Å². The van der Waals surface area contributed by atoms with E-state index < -0.39 is 23.5 Å². The number of fused-ring (bicyclic) bond motifs is 1. The van der Waals surface area contributed by atoms with Crippen molar-refractivity contribution in [3.8, 4) is 5.75 Å². The van der Waals surface area contributed by atoms with E-state index in [1.54, 1.807) is 30.6 Å². The Hall–Kier alpha value is -4.30. The fourth-order valence-corrected chi connectivity index (χ4v) is 4.74. The number of ether oxygens (including phenoxy) is 1. The number of anilines is 1. The number of amides is 1. The summed E-state index contributed by atoms with van der Waals surface area (Å²) in [5.74, 6) is -1.53. The summed E-state index contributed by atoms with van der Waals surface area (Å²) in [6, 6.07) is 15.0. The van der Waals surface area contributed by atoms with Crippen LogP contribution in [0.2, 0.25) is 5.02 Å². The molecular weight excluding hydrogens is 494 g/mol. The maximum absolute atomic E-state index is 13.8. The molecule has 2 aromatic carbocycles. The lowest BCUT2D eigenvalue weighted by molar-refractivity contribution is -0.130. The third-order valence-electron chi connectivity index (χ3n) is 6.34. The second-order valence-corrected chi connectivity index (χ2v) is 9.35. The zero-order valence-corrected chi connectivity index (χ0v) is 21.2. The van der Waals surface area contributed by atoms with Crippen LogP contribution in [-0.4, -0.2) is 47.9 Å². The molecular formula is C28H24ClN3O5. The van der Waals surface area contributed by atoms with Crippen LogP contribution in [0.1, 0.15) is 27.7 Å². The van der Waals surface area contributed by atoms with Gasteiger partial charge in [-0.25, -0.2) is 0 Å². The van der Waals surface area contributed by atoms with Gasteiger partial charge in [0.2, 0.25) is 5.78 Å². The minimum Gasteiger partial charge on any atom is -0.503 e. The maximum atomic E-state index is 13.8. The molecule has 1 unspecified atom stereocenters. The SMILES string of the molecule is COc1cc(Cl)cc2cc(C(=O)C3=C(O)C(=O)N(Cc4cccnc4)C3c3ccc(N(C)C)cc3)oc12. The topological polar surface area (TPSA) is 96.1 Å². The van der Waals surface area contributed by atoms with E-state index in [-0.39, 0.29) is 17.9 Å². The smallest absolute Gasteiger partial charge is 0.290 e. The number of aromatic nitrogens is 1. The Bertz CT molecular complexity index is 1530. The molecule has 5 rings (SSSR count). The summed E-state index contributed by atoms with van der Waals surface area (Å²) in [4.78, 5) is 34.7. The third-order valence-corrected chi connectivity index (χ3v) is 6.56. The Morgan fingerprint density at radius 3 is 2.59 bits per heavy atom. The molecule has 4 aromatic rings. The number of Topliss-reactive ketones (excluding diaryl/α,β-unsaturated/α-hetero) is 1. The number of aliphatic hydroxyl groups excluding tert-OH is 1. The van der Waals surface area contributed by atoms with E-state index in [9.17, 15) is 14.7 Å². The number of hydrogen-bond donors (Lipinski definition) is 1. The van der Waals surface area contributed by atoms with Crippen molar-refractivity contribution in [2.45, 2.75) is 12.6 Å². The van der Waals surface area contributed by atoms with Gasteiger partial charge < -0.3 is 24.1 Å². The van der Waals surface area contributed by atoms with Crippen molar-refractivity contribution >= 4 is 39.9 Å². The highest BCUT2D eigenvalue weighted by Crippen LogP contribution is 2.41. The highest BCUT2D eigenvalue weighted by molar-refractivity contribution is 6.31. The lowest BCUT2D eigenvalue weighted by atomic mass is 9.94. The van der Waals surface area contributed by atoms with Crippen molar-refractivity contribution in [3.63, 3.8) is 0 Å². The average molecular weight is 518 g/mol. The number of ketones is 1. The number of nitrogens with zero attached hydrogens (tertiary/aromatic N) is 3. The Kier molecular flexibility index (Phi) is 6.35. The van der Waals surface area contributed by atoms with Gasteiger partial charge in [-0.3, -0.25) is 14.6 Å². The first-order valence-electron chi connectivity index (χ1n) is 11.5. The molecule has 0 radical (unpaired) electrons. The molecule has 0 aliphatic carbocycles. The molecule has 1 atom stereocenters. The Morgan fingerprint density at radius 2 is 1.95 bits per heavy atom. The summed E-state index contributed by atoms with van der Waals surface area (Å²) < 4.78 is 11.2. The lowest BCUT2D eigenvalue weighted by Crippen LogP contribution is -2.30. The number of aliphatic hydroxyl groups is 1. The van der Waals surface area contributed by atoms with Gasteiger partial charge >= 0.3 is 0 Å². The minimum atomic E-state index is -0.838. The first-order chi connectivity index (χ1) is 17.8. The molecule has 0 bridgehead atoms. The van der Waals surface area contributed by atoms with E-state index >= 15 is 0 Å². The molecule has 1 N–H and O–H groups in total. The molecule has 2 aromatic heterocycles. The monoisotopic (exact) mass is 517 g/mol. The Morgan fingerprint density at radius 1 is 1.19 bits per heavy atom. The number of benzene rings is 2. The fourth-order valence-electron chi connectivity index (χ4n) is 4.52. The van der Waals surface area contributed by atoms with Crippen molar-refractivity contribution < 1.29 is 23.8 Å². The van der Waals surface area contributed by atoms with Crippen molar-refractivity contribution in [3.05, 3.63) is 100 Å². The van der Waals surface area contributed by atoms with Gasteiger partial charge in [0, 0.05) is 55.2 Å². The molecule has 9 heteroatoms. The first-order valence-corrected chi connectivity index (χ1v) is 11.9. The normalized spacial score (nSPS) is 15.5. The van der Waals surface area contributed by atoms with Gasteiger partial charge in [-0.05, 0) is 41.5 Å². The van der Waals surface area contributed by atoms with Gasteiger partial charge in [-0.2, -0.15) is 0 Å². The van der Waals surface area contributed by atoms with Gasteiger partial charge in [-0.15, -0.1) is 0 Å². The molecule has 1 aliphatic rings. The average Bonchev–Trinajstić information content (AvgIpc) is 3.43. The van der Waals surface area contributed by atoms with Gasteiger partial charge in [0.1, 0.15) is 0 Å². The summed E-state index contributed by atoms with van der Waals surface area (Å²) in [5.41, 5.74) is 2.67. The predicted molar refractivity (Wildman–Crippen MR) is 140 cm³/mol. The molecule has 37 heavy (non-hydrogen) atoms. The molecule has 0 saturated carbocycles. The highest BCUT2D eigenvalue weighted by atomic mass is 35.5. The minimum absolute atomic E-state index is 0.0388. The second-order valence-electron chi connectivity index (χ2n) is 8.91. The molecule has 0 spiro atoms. The number of pyridine rings is 1. The van der Waals surface area contributed by atoms with Crippen LogP contribution in [0.3, 0.4) is 0 Å². The summed E-state index contributed by atoms with van der Waals surface area (Å²) in [6.07, 6.45) is 3.28. The van der Waals surface area contributed by atoms with E-state index in [0.29, 0.717) is 27.3 Å². The number of methoxy groups -OCH3 is 1. The fraction of sp³-hybridized carbons (Fsp3) is 0.179. The molecule has 8 nitrogen and oxygen atoms in total. The van der Waals surface area contributed by atoms with Crippen LogP contribution in [0.5, 0.6) is 5.75 Å². The van der Waals surface area contributed by atoms with Crippen LogP contribution in [0.15, 0.2) is 82.7 Å². The van der Waals surface area contributed by atoms with E-state index in [4.69, 9.17) is 20.8 Å². The molecule has 0 saturated heterocycles. The summed E-state index contributed by atoms with van der Waals surface area (Å²) >= 11 is 6.18. The van der Waals surface area contributed by atoms with E-state index in [2.05, 4.69) is 4.98 Å². The number of rotatable bonds is 7. The van der Waals surface area contributed by atoms with Crippen LogP contribution in [-0.2, 0) is 11.3 Å². The zero-order chi connectivity index (χ0) is 26.3. The van der Waals surface area contributed by atoms with Gasteiger partial charge in [0.05, 0.1) is 18.7 Å². The number of carbonyl (C=O) groups excluding carboxylic acids is 2. The third kappa shape index (κ3) is 4.40. The standard InChI is InChI=1S/C28H24ClN3O5/c1-31(2)20-8-6-17(7-9-20)24-23(26(34)28(35)32(24)15-16-5-4-10-30-14-16)25(33)21-12-18-11-19(29)13-22(36-3)27(18)37-21/h4-14,24,34H,15H2,1-3H3. The first kappa shape index (κ1) is 24.4. The van der Waals surface area contributed by atoms with Crippen LogP contribution < -0.4 is 9.64 Å². The highest BCUT2D eigenvalue weighted by Gasteiger charge is 2.44. The van der Waals surface area contributed by atoms with Crippen molar-refractivity contribution in [2.24, 2.45) is 0 Å². The molecule has 3 heterocycles. The molecule has 1 aliphatic heterocycles. The van der Waals surface area contributed by atoms with Crippen LogP contribution in [0.25, 0.3) is 11.0 Å². The zero-order valence-electron chi connectivity index (χ0n) is 20.4. The Balaban J connectivity index is 1.61. The molecule has 0 fully saturated rings. The number of halogens is 1. The second kappa shape index (κ2) is 9.63. The Labute approximate surface area is 218 Å². The molecule has 1 amide bonds. The quantitative estimate of drug-likeness (QED) is 0.331. The lowest BCUT2D eigenvalue weighted by Gasteiger charge is -2.27. The van der Waals surface area contributed by atoms with Crippen LogP contribution in [0, 0.1) is 0 Å². The number of hydrogen-bond acceptors (Lipinski definition) is 7. The van der Waals surface area contributed by atoms with Crippen molar-refractivity contribution in [2.75, 3.05) is 26.1 Å². The van der Waals surface area contributed by atoms with Crippen LogP contribution >= 0.6 is 11.6 Å². The van der Waals surface area contributed by atoms with Crippen molar-refractivity contribution in [1.82, 2.24) is 9.88 Å². The van der Waals surface area contributed by atoms with E-state index in [0.717, 1.165) is 11.3 Å². The number of carbonyl (C=O) groups is 2. The summed E-state index contributed by atoms with van der Waals surface area (Å²) in [5, 5.41) is 12.0. The van der Waals surface area contributed by atoms with Gasteiger partial charge in [0.25, 0.3) is 5.91 Å². The summed E-state index contributed by atoms with van der Waals surface area (Å²) in [6.45, 7) is 0.150.